The Morgan fingerprint density at radius 2 is 1.71 bits per heavy atom. The Kier molecular flexibility index (Phi) is 4.29. The second-order valence-corrected chi connectivity index (χ2v) is 4.87. The van der Waals surface area contributed by atoms with Gasteiger partial charge in [0.2, 0.25) is 5.95 Å². The first-order valence-corrected chi connectivity index (χ1v) is 6.50. The first-order valence-electron chi connectivity index (χ1n) is 6.50. The minimum Gasteiger partial charge on any atom is -1.00 e. The maximum atomic E-state index is 5.97. The Hall–Kier alpha value is -2.33. The molecule has 1 aromatic heterocycles. The van der Waals surface area contributed by atoms with E-state index in [1.54, 1.807) is 0 Å². The number of anilines is 3. The van der Waals surface area contributed by atoms with Crippen molar-refractivity contribution in [2.75, 3.05) is 11.1 Å². The number of aromatic nitrogens is 2. The summed E-state index contributed by atoms with van der Waals surface area (Å²) in [6, 6.07) is 13.9. The molecular formula is C16H16ClN4-. The van der Waals surface area contributed by atoms with Crippen molar-refractivity contribution in [3.05, 3.63) is 53.6 Å². The predicted molar refractivity (Wildman–Crippen MR) is 83.1 cm³/mol. The fraction of sp³-hybridized carbons (Fsp3) is 0.125. The molecule has 5 heteroatoms. The minimum atomic E-state index is 0. The van der Waals surface area contributed by atoms with E-state index < -0.39 is 0 Å². The van der Waals surface area contributed by atoms with Gasteiger partial charge in [-0.3, -0.25) is 0 Å². The summed E-state index contributed by atoms with van der Waals surface area (Å²) in [5.74, 6) is 1.01. The lowest BCUT2D eigenvalue weighted by atomic mass is 10.1. The molecule has 3 rings (SSSR count). The summed E-state index contributed by atoms with van der Waals surface area (Å²) in [7, 11) is 0. The number of hydrogen-bond acceptors (Lipinski definition) is 4. The SMILES string of the molecule is Cc1ccc(Nc2nc(N)c3ccccc3n2)cc1C.[Cl-]. The number of aryl methyl sites for hydroxylation is 2. The summed E-state index contributed by atoms with van der Waals surface area (Å²) in [5.41, 5.74) is 10.3. The highest BCUT2D eigenvalue weighted by atomic mass is 35.5. The fourth-order valence-electron chi connectivity index (χ4n) is 2.11. The average Bonchev–Trinajstić information content (AvgIpc) is 2.43. The molecule has 0 saturated heterocycles. The van der Waals surface area contributed by atoms with Crippen LogP contribution in [0.2, 0.25) is 0 Å². The minimum absolute atomic E-state index is 0. The highest BCUT2D eigenvalue weighted by Crippen LogP contribution is 2.22. The third kappa shape index (κ3) is 3.06. The topological polar surface area (TPSA) is 63.8 Å². The number of nitrogens with zero attached hydrogens (tertiary/aromatic N) is 2. The molecule has 3 N–H and O–H groups in total. The van der Waals surface area contributed by atoms with Crippen LogP contribution in [0, 0.1) is 13.8 Å². The molecule has 3 aromatic rings. The van der Waals surface area contributed by atoms with E-state index in [-0.39, 0.29) is 12.4 Å². The molecule has 0 unspecified atom stereocenters. The molecule has 0 fully saturated rings. The number of nitrogen functional groups attached to an aromatic ring is 1. The lowest BCUT2D eigenvalue weighted by molar-refractivity contribution is -0.00000432. The van der Waals surface area contributed by atoms with E-state index in [0.29, 0.717) is 11.8 Å². The van der Waals surface area contributed by atoms with Gasteiger partial charge >= 0.3 is 0 Å². The Morgan fingerprint density at radius 3 is 2.48 bits per heavy atom. The quantitative estimate of drug-likeness (QED) is 0.726. The summed E-state index contributed by atoms with van der Waals surface area (Å²) in [6.07, 6.45) is 0. The van der Waals surface area contributed by atoms with Gasteiger partial charge in [0, 0.05) is 11.1 Å². The molecule has 0 amide bonds. The van der Waals surface area contributed by atoms with Crippen LogP contribution in [-0.4, -0.2) is 9.97 Å². The van der Waals surface area contributed by atoms with Crippen LogP contribution in [0.5, 0.6) is 0 Å². The lowest BCUT2D eigenvalue weighted by Gasteiger charge is -2.09. The van der Waals surface area contributed by atoms with E-state index in [0.717, 1.165) is 16.6 Å². The smallest absolute Gasteiger partial charge is 0.229 e. The molecule has 0 radical (unpaired) electrons. The number of rotatable bonds is 2. The molecule has 4 nitrogen and oxygen atoms in total. The van der Waals surface area contributed by atoms with Crippen molar-refractivity contribution in [3.8, 4) is 0 Å². The molecule has 0 aliphatic carbocycles. The zero-order chi connectivity index (χ0) is 14.1. The van der Waals surface area contributed by atoms with Crippen LogP contribution in [0.15, 0.2) is 42.5 Å². The van der Waals surface area contributed by atoms with Crippen molar-refractivity contribution in [3.63, 3.8) is 0 Å². The van der Waals surface area contributed by atoms with Gasteiger partial charge in [-0.25, -0.2) is 4.98 Å². The van der Waals surface area contributed by atoms with Gasteiger partial charge in [-0.1, -0.05) is 18.2 Å². The summed E-state index contributed by atoms with van der Waals surface area (Å²) < 4.78 is 0. The Morgan fingerprint density at radius 1 is 0.952 bits per heavy atom. The molecule has 0 atom stereocenters. The van der Waals surface area contributed by atoms with Crippen molar-refractivity contribution in [2.24, 2.45) is 0 Å². The zero-order valence-electron chi connectivity index (χ0n) is 11.9. The Balaban J connectivity index is 0.00000161. The molecular weight excluding hydrogens is 284 g/mol. The third-order valence-corrected chi connectivity index (χ3v) is 3.40. The van der Waals surface area contributed by atoms with Crippen molar-refractivity contribution >= 4 is 28.4 Å². The van der Waals surface area contributed by atoms with Crippen LogP contribution in [0.1, 0.15) is 11.1 Å². The number of hydrogen-bond donors (Lipinski definition) is 2. The van der Waals surface area contributed by atoms with Crippen LogP contribution in [0.4, 0.5) is 17.5 Å². The number of fused-ring (bicyclic) bond motifs is 1. The van der Waals surface area contributed by atoms with Crippen molar-refractivity contribution in [1.82, 2.24) is 9.97 Å². The molecule has 0 aliphatic heterocycles. The summed E-state index contributed by atoms with van der Waals surface area (Å²) in [5, 5.41) is 4.08. The molecule has 1 heterocycles. The standard InChI is InChI=1S/C16H16N4.ClH/c1-10-7-8-12(9-11(10)2)18-16-19-14-6-4-3-5-13(14)15(17)20-16;/h3-9H,1-2H3,(H3,17,18,19,20);1H/p-1. The molecule has 2 aromatic carbocycles. The van der Waals surface area contributed by atoms with E-state index in [1.165, 1.54) is 11.1 Å². The maximum absolute atomic E-state index is 5.97. The van der Waals surface area contributed by atoms with Gasteiger partial charge in [-0.2, -0.15) is 4.98 Å². The summed E-state index contributed by atoms with van der Waals surface area (Å²) >= 11 is 0. The van der Waals surface area contributed by atoms with Gasteiger partial charge in [0.15, 0.2) is 0 Å². The second-order valence-electron chi connectivity index (χ2n) is 4.87. The molecule has 0 spiro atoms. The van der Waals surface area contributed by atoms with E-state index in [9.17, 15) is 0 Å². The molecule has 0 bridgehead atoms. The predicted octanol–water partition coefficient (Wildman–Crippen LogP) is 0.576. The molecule has 0 aliphatic rings. The van der Waals surface area contributed by atoms with E-state index in [1.807, 2.05) is 30.3 Å². The van der Waals surface area contributed by atoms with E-state index >= 15 is 0 Å². The zero-order valence-corrected chi connectivity index (χ0v) is 12.6. The van der Waals surface area contributed by atoms with Gasteiger partial charge in [0.25, 0.3) is 0 Å². The van der Waals surface area contributed by atoms with Crippen molar-refractivity contribution in [2.45, 2.75) is 13.8 Å². The number of halogens is 1. The average molecular weight is 300 g/mol. The van der Waals surface area contributed by atoms with Gasteiger partial charge in [-0.15, -0.1) is 0 Å². The van der Waals surface area contributed by atoms with Gasteiger partial charge < -0.3 is 23.5 Å². The van der Waals surface area contributed by atoms with Crippen LogP contribution in [0.3, 0.4) is 0 Å². The molecule has 108 valence electrons. The van der Waals surface area contributed by atoms with Gasteiger partial charge in [0.05, 0.1) is 5.52 Å². The third-order valence-electron chi connectivity index (χ3n) is 3.40. The lowest BCUT2D eigenvalue weighted by Crippen LogP contribution is -3.00. The van der Waals surface area contributed by atoms with E-state index in [2.05, 4.69) is 41.3 Å². The number of para-hydroxylation sites is 1. The largest absolute Gasteiger partial charge is 1.00 e. The van der Waals surface area contributed by atoms with E-state index in [4.69, 9.17) is 5.73 Å². The van der Waals surface area contributed by atoms with Crippen LogP contribution < -0.4 is 23.5 Å². The van der Waals surface area contributed by atoms with Gasteiger partial charge in [0.1, 0.15) is 5.82 Å². The summed E-state index contributed by atoms with van der Waals surface area (Å²) in [4.78, 5) is 8.79. The van der Waals surface area contributed by atoms with Gasteiger partial charge in [-0.05, 0) is 49.2 Å². The first-order chi connectivity index (χ1) is 9.63. The number of nitrogens with one attached hydrogen (secondary N) is 1. The van der Waals surface area contributed by atoms with Crippen LogP contribution in [-0.2, 0) is 0 Å². The monoisotopic (exact) mass is 299 g/mol. The van der Waals surface area contributed by atoms with Crippen molar-refractivity contribution < 1.29 is 12.4 Å². The fourth-order valence-corrected chi connectivity index (χ4v) is 2.11. The van der Waals surface area contributed by atoms with Crippen LogP contribution in [0.25, 0.3) is 10.9 Å². The van der Waals surface area contributed by atoms with Crippen LogP contribution >= 0.6 is 0 Å². The highest BCUT2D eigenvalue weighted by molar-refractivity contribution is 5.89. The number of nitrogens with two attached hydrogens (primary N) is 1. The Bertz CT molecular complexity index is 786. The summed E-state index contributed by atoms with van der Waals surface area (Å²) in [6.45, 7) is 4.17. The molecule has 21 heavy (non-hydrogen) atoms. The second kappa shape index (κ2) is 5.97. The highest BCUT2D eigenvalue weighted by Gasteiger charge is 2.05. The first kappa shape index (κ1) is 15.1. The Labute approximate surface area is 129 Å². The maximum Gasteiger partial charge on any atom is 0.229 e. The number of benzene rings is 2. The van der Waals surface area contributed by atoms with Crippen molar-refractivity contribution in [1.29, 1.82) is 0 Å². The molecule has 0 saturated carbocycles. The normalized spacial score (nSPS) is 10.2.